The molecule has 0 atom stereocenters. The van der Waals surface area contributed by atoms with Crippen molar-refractivity contribution in [2.75, 3.05) is 0 Å². The molecule has 0 aliphatic carbocycles. The second-order valence-corrected chi connectivity index (χ2v) is 12.7. The Morgan fingerprint density at radius 3 is 1.56 bits per heavy atom. The Labute approximate surface area is 302 Å². The molecule has 0 aliphatic rings. The summed E-state index contributed by atoms with van der Waals surface area (Å²) in [6.45, 7) is 8.40. The summed E-state index contributed by atoms with van der Waals surface area (Å²) in [6, 6.07) is 52.4. The Morgan fingerprint density at radius 2 is 0.885 bits per heavy atom. The summed E-state index contributed by atoms with van der Waals surface area (Å²) < 4.78 is 0. The predicted molar refractivity (Wildman–Crippen MR) is 218 cm³/mol. The number of fused-ring (bicyclic) bond motifs is 4. The molecule has 0 spiro atoms. The van der Waals surface area contributed by atoms with Crippen molar-refractivity contribution < 1.29 is 0 Å². The fourth-order valence-corrected chi connectivity index (χ4v) is 7.33. The summed E-state index contributed by atoms with van der Waals surface area (Å²) in [6.07, 6.45) is 5.72. The first kappa shape index (κ1) is 31.0. The predicted octanol–water partition coefficient (Wildman–Crippen LogP) is 12.3. The molecule has 9 aromatic rings. The van der Waals surface area contributed by atoms with Crippen LogP contribution in [-0.2, 0) is 0 Å². The highest BCUT2D eigenvalue weighted by atomic mass is 15.0. The van der Waals surface area contributed by atoms with Crippen molar-refractivity contribution in [2.45, 2.75) is 0 Å². The molecule has 0 unspecified atom stereocenters. The number of rotatable bonds is 7. The van der Waals surface area contributed by atoms with Crippen LogP contribution in [0.15, 0.2) is 171 Å². The molecule has 0 radical (unpaired) electrons. The largest absolute Gasteiger partial charge is 0.256 e. The van der Waals surface area contributed by atoms with Gasteiger partial charge in [-0.15, -0.1) is 0 Å². The SMILES string of the molecule is C=Cc1c(C=C)c2cccc(-c3cc(-c4nc(-c5ccccc5)nc(-c5ccccc5)n4)cc(-c4cccc5ncccc45)c3)c2c2ccccc12. The molecule has 7 aromatic carbocycles. The minimum atomic E-state index is 0.597. The maximum Gasteiger partial charge on any atom is 0.164 e. The van der Waals surface area contributed by atoms with E-state index in [-0.39, 0.29) is 0 Å². The molecule has 0 bridgehead atoms. The van der Waals surface area contributed by atoms with Crippen molar-refractivity contribution in [3.05, 3.63) is 182 Å². The smallest absolute Gasteiger partial charge is 0.164 e. The molecule has 4 heteroatoms. The van der Waals surface area contributed by atoms with Crippen molar-refractivity contribution >= 4 is 44.6 Å². The third-order valence-corrected chi connectivity index (χ3v) is 9.70. The van der Waals surface area contributed by atoms with Gasteiger partial charge in [0, 0.05) is 28.3 Å². The van der Waals surface area contributed by atoms with E-state index in [4.69, 9.17) is 15.0 Å². The normalized spacial score (nSPS) is 11.2. The number of hydrogen-bond donors (Lipinski definition) is 0. The van der Waals surface area contributed by atoms with Gasteiger partial charge in [-0.1, -0.05) is 147 Å². The van der Waals surface area contributed by atoms with Crippen LogP contribution in [0.25, 0.3) is 101 Å². The molecule has 244 valence electrons. The van der Waals surface area contributed by atoms with Crippen LogP contribution in [0.5, 0.6) is 0 Å². The number of benzene rings is 7. The van der Waals surface area contributed by atoms with Gasteiger partial charge in [0.05, 0.1) is 5.52 Å². The summed E-state index contributed by atoms with van der Waals surface area (Å²) in [7, 11) is 0. The van der Waals surface area contributed by atoms with Gasteiger partial charge in [-0.05, 0) is 85.3 Å². The fraction of sp³-hybridized carbons (Fsp3) is 0. The monoisotopic (exact) mass is 664 g/mol. The Bertz CT molecular complexity index is 2760. The van der Waals surface area contributed by atoms with Crippen LogP contribution >= 0.6 is 0 Å². The molecular weight excluding hydrogens is 633 g/mol. The van der Waals surface area contributed by atoms with Gasteiger partial charge in [-0.25, -0.2) is 15.0 Å². The van der Waals surface area contributed by atoms with Gasteiger partial charge in [0.15, 0.2) is 17.5 Å². The van der Waals surface area contributed by atoms with E-state index in [1.54, 1.807) is 0 Å². The molecule has 2 aromatic heterocycles. The lowest BCUT2D eigenvalue weighted by atomic mass is 9.86. The molecular formula is C48H32N4. The van der Waals surface area contributed by atoms with Crippen LogP contribution in [0.1, 0.15) is 11.1 Å². The molecule has 9 rings (SSSR count). The van der Waals surface area contributed by atoms with Crippen molar-refractivity contribution in [3.8, 4) is 56.4 Å². The topological polar surface area (TPSA) is 51.6 Å². The summed E-state index contributed by atoms with van der Waals surface area (Å²) >= 11 is 0. The van der Waals surface area contributed by atoms with Crippen molar-refractivity contribution in [3.63, 3.8) is 0 Å². The van der Waals surface area contributed by atoms with Gasteiger partial charge < -0.3 is 0 Å². The number of hydrogen-bond acceptors (Lipinski definition) is 4. The first-order valence-corrected chi connectivity index (χ1v) is 17.3. The second kappa shape index (κ2) is 13.0. The Kier molecular flexibility index (Phi) is 7.75. The van der Waals surface area contributed by atoms with Crippen LogP contribution in [0.2, 0.25) is 0 Å². The zero-order valence-electron chi connectivity index (χ0n) is 28.4. The van der Waals surface area contributed by atoms with Gasteiger partial charge in [-0.2, -0.15) is 0 Å². The van der Waals surface area contributed by atoms with Crippen LogP contribution in [0.3, 0.4) is 0 Å². The lowest BCUT2D eigenvalue weighted by Gasteiger charge is -2.18. The van der Waals surface area contributed by atoms with Crippen LogP contribution in [0.4, 0.5) is 0 Å². The Hall–Kier alpha value is -7.04. The van der Waals surface area contributed by atoms with Gasteiger partial charge in [-0.3, -0.25) is 4.98 Å². The van der Waals surface area contributed by atoms with Crippen molar-refractivity contribution in [1.82, 2.24) is 19.9 Å². The molecule has 4 nitrogen and oxygen atoms in total. The van der Waals surface area contributed by atoms with Gasteiger partial charge in [0.1, 0.15) is 0 Å². The van der Waals surface area contributed by atoms with E-state index in [9.17, 15) is 0 Å². The van der Waals surface area contributed by atoms with E-state index in [2.05, 4.69) is 103 Å². The molecule has 0 fully saturated rings. The summed E-state index contributed by atoms with van der Waals surface area (Å²) in [4.78, 5) is 19.9. The summed E-state index contributed by atoms with van der Waals surface area (Å²) in [5, 5.41) is 5.66. The second-order valence-electron chi connectivity index (χ2n) is 12.7. The van der Waals surface area contributed by atoms with E-state index in [0.29, 0.717) is 17.5 Å². The number of pyridine rings is 1. The van der Waals surface area contributed by atoms with Crippen LogP contribution in [0, 0.1) is 0 Å². The summed E-state index contributed by atoms with van der Waals surface area (Å²) in [5.74, 6) is 1.84. The minimum absolute atomic E-state index is 0.597. The van der Waals surface area contributed by atoms with E-state index >= 15 is 0 Å². The Morgan fingerprint density at radius 1 is 0.385 bits per heavy atom. The highest BCUT2D eigenvalue weighted by Crippen LogP contribution is 2.42. The third-order valence-electron chi connectivity index (χ3n) is 9.70. The standard InChI is InChI=1S/C48H32N4/c1-3-36-37(4-2)42-24-13-23-39(45(42)43-21-12-11-20-40(36)43)34-28-33(38-22-14-26-44-41(38)25-15-27-49-44)29-35(30-34)48-51-46(31-16-7-5-8-17-31)50-47(52-48)32-18-9-6-10-19-32/h3-30H,1-2H2. The zero-order valence-corrected chi connectivity index (χ0v) is 28.4. The highest BCUT2D eigenvalue weighted by Gasteiger charge is 2.19. The number of nitrogens with zero attached hydrogens (tertiary/aromatic N) is 4. The molecule has 0 N–H and O–H groups in total. The van der Waals surface area contributed by atoms with Gasteiger partial charge >= 0.3 is 0 Å². The van der Waals surface area contributed by atoms with Crippen LogP contribution < -0.4 is 0 Å². The maximum absolute atomic E-state index is 5.13. The lowest BCUT2D eigenvalue weighted by Crippen LogP contribution is -2.00. The highest BCUT2D eigenvalue weighted by molar-refractivity contribution is 6.20. The molecule has 0 saturated heterocycles. The fourth-order valence-electron chi connectivity index (χ4n) is 7.33. The first-order valence-electron chi connectivity index (χ1n) is 17.3. The third kappa shape index (κ3) is 5.34. The molecule has 52 heavy (non-hydrogen) atoms. The number of aromatic nitrogens is 4. The quantitative estimate of drug-likeness (QED) is 0.159. The van der Waals surface area contributed by atoms with E-state index in [0.717, 1.165) is 82.5 Å². The van der Waals surface area contributed by atoms with Crippen molar-refractivity contribution in [1.29, 1.82) is 0 Å². The average Bonchev–Trinajstić information content (AvgIpc) is 3.23. The maximum atomic E-state index is 5.13. The molecule has 0 saturated carbocycles. The van der Waals surface area contributed by atoms with Gasteiger partial charge in [0.25, 0.3) is 0 Å². The zero-order chi connectivity index (χ0) is 35.0. The molecule has 0 aliphatic heterocycles. The van der Waals surface area contributed by atoms with Gasteiger partial charge in [0.2, 0.25) is 0 Å². The molecule has 2 heterocycles. The van der Waals surface area contributed by atoms with E-state index in [1.807, 2.05) is 85.1 Å². The average molecular weight is 665 g/mol. The lowest BCUT2D eigenvalue weighted by molar-refractivity contribution is 1.07. The first-order chi connectivity index (χ1) is 25.7. The van der Waals surface area contributed by atoms with Crippen molar-refractivity contribution in [2.24, 2.45) is 0 Å². The van der Waals surface area contributed by atoms with E-state index in [1.165, 1.54) is 0 Å². The summed E-state index contributed by atoms with van der Waals surface area (Å²) in [5.41, 5.74) is 10.1. The van der Waals surface area contributed by atoms with Crippen LogP contribution in [-0.4, -0.2) is 19.9 Å². The minimum Gasteiger partial charge on any atom is -0.256 e. The molecule has 0 amide bonds. The Balaban J connectivity index is 1.37. The van der Waals surface area contributed by atoms with E-state index < -0.39 is 0 Å².